The van der Waals surface area contributed by atoms with Gasteiger partial charge in [0.2, 0.25) is 0 Å². The van der Waals surface area contributed by atoms with Crippen molar-refractivity contribution in [2.45, 2.75) is 22.7 Å². The van der Waals surface area contributed by atoms with Crippen LogP contribution < -0.4 is 0 Å². The van der Waals surface area contributed by atoms with Crippen LogP contribution in [0, 0.1) is 0 Å². The molecule has 4 atom stereocenters. The fraction of sp³-hybridized carbons (Fsp3) is 1.00. The van der Waals surface area contributed by atoms with E-state index in [1.807, 2.05) is 0 Å². The van der Waals surface area contributed by atoms with E-state index in [4.69, 9.17) is 0 Å². The minimum absolute atomic E-state index is 0.183. The molecule has 10 heavy (non-hydrogen) atoms. The molecule has 0 aromatic heterocycles. The maximum Gasteiger partial charge on any atom is 0.0760 e. The minimum atomic E-state index is -0.183. The molecule has 58 valence electrons. The van der Waals surface area contributed by atoms with Crippen LogP contribution in [0.15, 0.2) is 0 Å². The lowest BCUT2D eigenvalue weighted by atomic mass is 10.1. The lowest BCUT2D eigenvalue weighted by Crippen LogP contribution is -2.27. The van der Waals surface area contributed by atoms with Crippen molar-refractivity contribution in [1.82, 2.24) is 0 Å². The van der Waals surface area contributed by atoms with Crippen molar-refractivity contribution in [3.8, 4) is 0 Å². The highest BCUT2D eigenvalue weighted by atomic mass is 32.2. The fourth-order valence-corrected chi connectivity index (χ4v) is 4.81. The van der Waals surface area contributed by atoms with E-state index >= 15 is 0 Å². The van der Waals surface area contributed by atoms with Crippen molar-refractivity contribution in [3.63, 3.8) is 0 Å². The molecule has 2 rings (SSSR count). The third-order valence-corrected chi connectivity index (χ3v) is 5.23. The molecule has 0 spiro atoms. The van der Waals surface area contributed by atoms with Crippen molar-refractivity contribution >= 4 is 23.5 Å². The standard InChI is InChI=1S/C6H10O2S2/c7-3-1-9-6-4(8)2-10-5(3)6/h3-8H,1-2H2. The minimum Gasteiger partial charge on any atom is -0.391 e. The summed E-state index contributed by atoms with van der Waals surface area (Å²) in [5, 5.41) is 19.3. The molecule has 2 fully saturated rings. The lowest BCUT2D eigenvalue weighted by Gasteiger charge is -2.10. The average molecular weight is 178 g/mol. The molecule has 0 radical (unpaired) electrons. The van der Waals surface area contributed by atoms with Gasteiger partial charge in [0.1, 0.15) is 0 Å². The van der Waals surface area contributed by atoms with Crippen LogP contribution in [0.4, 0.5) is 0 Å². The molecule has 2 aliphatic heterocycles. The van der Waals surface area contributed by atoms with Crippen LogP contribution in [0.2, 0.25) is 0 Å². The molecule has 0 aromatic carbocycles. The van der Waals surface area contributed by atoms with Crippen molar-refractivity contribution in [3.05, 3.63) is 0 Å². The Morgan fingerprint density at radius 2 is 1.30 bits per heavy atom. The zero-order chi connectivity index (χ0) is 7.14. The van der Waals surface area contributed by atoms with E-state index in [1.54, 1.807) is 23.5 Å². The van der Waals surface area contributed by atoms with E-state index < -0.39 is 0 Å². The van der Waals surface area contributed by atoms with Gasteiger partial charge in [-0.3, -0.25) is 0 Å². The number of hydrogen-bond acceptors (Lipinski definition) is 4. The van der Waals surface area contributed by atoms with E-state index in [0.717, 1.165) is 11.5 Å². The maximum absolute atomic E-state index is 9.36. The first-order chi connectivity index (χ1) is 4.79. The second kappa shape index (κ2) is 2.59. The Balaban J connectivity index is 2.09. The number of rotatable bonds is 0. The van der Waals surface area contributed by atoms with Gasteiger partial charge in [0.05, 0.1) is 12.2 Å². The molecule has 2 saturated heterocycles. The number of fused-ring (bicyclic) bond motifs is 1. The molecule has 2 N–H and O–H groups in total. The van der Waals surface area contributed by atoms with Gasteiger partial charge < -0.3 is 10.2 Å². The van der Waals surface area contributed by atoms with Crippen LogP contribution in [0.5, 0.6) is 0 Å². The molecule has 0 saturated carbocycles. The summed E-state index contributed by atoms with van der Waals surface area (Å²) < 4.78 is 0. The number of hydrogen-bond donors (Lipinski definition) is 2. The van der Waals surface area contributed by atoms with Gasteiger partial charge >= 0.3 is 0 Å². The Morgan fingerprint density at radius 3 is 1.70 bits per heavy atom. The summed E-state index contributed by atoms with van der Waals surface area (Å²) in [5.74, 6) is 1.61. The van der Waals surface area contributed by atoms with Crippen LogP contribution in [0.3, 0.4) is 0 Å². The van der Waals surface area contributed by atoms with Crippen molar-refractivity contribution in [1.29, 1.82) is 0 Å². The molecule has 0 aromatic rings. The van der Waals surface area contributed by atoms with Crippen LogP contribution in [-0.2, 0) is 0 Å². The van der Waals surface area contributed by atoms with Crippen LogP contribution in [0.25, 0.3) is 0 Å². The summed E-state index contributed by atoms with van der Waals surface area (Å²) in [4.78, 5) is 0. The average Bonchev–Trinajstić information content (AvgIpc) is 2.41. The first-order valence-electron chi connectivity index (χ1n) is 3.38. The van der Waals surface area contributed by atoms with Gasteiger partial charge in [-0.1, -0.05) is 0 Å². The number of thioether (sulfide) groups is 2. The van der Waals surface area contributed by atoms with Gasteiger partial charge in [-0.2, -0.15) is 23.5 Å². The molecule has 0 amide bonds. The molecular weight excluding hydrogens is 168 g/mol. The lowest BCUT2D eigenvalue weighted by molar-refractivity contribution is 0.169. The van der Waals surface area contributed by atoms with Gasteiger partial charge in [0.15, 0.2) is 0 Å². The van der Waals surface area contributed by atoms with Crippen molar-refractivity contribution < 1.29 is 10.2 Å². The zero-order valence-corrected chi connectivity index (χ0v) is 7.07. The van der Waals surface area contributed by atoms with Crippen molar-refractivity contribution in [2.75, 3.05) is 11.5 Å². The predicted octanol–water partition coefficient (Wildman–Crippen LogP) is -0.0610. The summed E-state index contributed by atoms with van der Waals surface area (Å²) >= 11 is 3.42. The third-order valence-electron chi connectivity index (χ3n) is 2.00. The van der Waals surface area contributed by atoms with E-state index in [2.05, 4.69) is 0 Å². The second-order valence-corrected chi connectivity index (χ2v) is 5.15. The summed E-state index contributed by atoms with van der Waals surface area (Å²) in [6.45, 7) is 0. The molecule has 0 aliphatic carbocycles. The first-order valence-corrected chi connectivity index (χ1v) is 5.48. The van der Waals surface area contributed by atoms with Gasteiger partial charge in [-0.05, 0) is 0 Å². The third kappa shape index (κ3) is 0.978. The Bertz CT molecular complexity index is 126. The van der Waals surface area contributed by atoms with E-state index in [-0.39, 0.29) is 12.2 Å². The monoisotopic (exact) mass is 178 g/mol. The quantitative estimate of drug-likeness (QED) is 0.545. The highest BCUT2D eigenvalue weighted by molar-refractivity contribution is 8.05. The van der Waals surface area contributed by atoms with Gasteiger partial charge in [-0.25, -0.2) is 0 Å². The van der Waals surface area contributed by atoms with Crippen molar-refractivity contribution in [2.24, 2.45) is 0 Å². The summed E-state index contributed by atoms with van der Waals surface area (Å²) in [6.07, 6.45) is -0.366. The van der Waals surface area contributed by atoms with Gasteiger partial charge in [-0.15, -0.1) is 0 Å². The molecule has 4 heteroatoms. The van der Waals surface area contributed by atoms with E-state index in [1.165, 1.54) is 0 Å². The summed E-state index contributed by atoms with van der Waals surface area (Å²) in [7, 11) is 0. The Morgan fingerprint density at radius 1 is 0.900 bits per heavy atom. The van der Waals surface area contributed by atoms with Gasteiger partial charge in [0, 0.05) is 22.0 Å². The Labute approximate surface area is 68.4 Å². The largest absolute Gasteiger partial charge is 0.391 e. The van der Waals surface area contributed by atoms with Crippen LogP contribution in [0.1, 0.15) is 0 Å². The molecule has 4 unspecified atom stereocenters. The molecule has 0 bridgehead atoms. The SMILES string of the molecule is OC1CSC2C(O)CSC12. The number of aliphatic hydroxyl groups excluding tert-OH is 2. The summed E-state index contributed by atoms with van der Waals surface area (Å²) in [6, 6.07) is 0. The van der Waals surface area contributed by atoms with Crippen LogP contribution in [-0.4, -0.2) is 44.4 Å². The zero-order valence-electron chi connectivity index (χ0n) is 5.43. The topological polar surface area (TPSA) is 40.5 Å². The summed E-state index contributed by atoms with van der Waals surface area (Å²) in [5.41, 5.74) is 0. The Kier molecular flexibility index (Phi) is 1.88. The van der Waals surface area contributed by atoms with Gasteiger partial charge in [0.25, 0.3) is 0 Å². The smallest absolute Gasteiger partial charge is 0.0760 e. The molecule has 2 aliphatic rings. The molecular formula is C6H10O2S2. The second-order valence-electron chi connectivity index (χ2n) is 2.73. The Hall–Kier alpha value is 0.620. The van der Waals surface area contributed by atoms with E-state index in [0.29, 0.717) is 10.5 Å². The number of aliphatic hydroxyl groups is 2. The predicted molar refractivity (Wildman–Crippen MR) is 44.5 cm³/mol. The normalized spacial score (nSPS) is 53.4. The highest BCUT2D eigenvalue weighted by Gasteiger charge is 2.44. The molecule has 2 nitrogen and oxygen atoms in total. The molecule has 2 heterocycles. The fourth-order valence-electron chi connectivity index (χ4n) is 1.46. The van der Waals surface area contributed by atoms with E-state index in [9.17, 15) is 10.2 Å². The first kappa shape index (κ1) is 7.28. The maximum atomic E-state index is 9.36. The van der Waals surface area contributed by atoms with Crippen LogP contribution >= 0.6 is 23.5 Å². The highest BCUT2D eigenvalue weighted by Crippen LogP contribution is 2.43.